The van der Waals surface area contributed by atoms with Gasteiger partial charge in [0.25, 0.3) is 0 Å². The average molecular weight is 518 g/mol. The number of nitrogens with zero attached hydrogens (tertiary/aromatic N) is 3. The molecule has 1 unspecified atom stereocenters. The maximum atomic E-state index is 13.3. The van der Waals surface area contributed by atoms with Crippen LogP contribution < -0.4 is 4.74 Å². The summed E-state index contributed by atoms with van der Waals surface area (Å²) in [5, 5.41) is 0.159. The number of ether oxygens (including phenoxy) is 2. The molecule has 0 fully saturated rings. The van der Waals surface area contributed by atoms with E-state index in [1.165, 1.54) is 12.3 Å². The van der Waals surface area contributed by atoms with Crippen molar-refractivity contribution >= 4 is 27.8 Å². The quantitative estimate of drug-likeness (QED) is 0.299. The van der Waals surface area contributed by atoms with Crippen molar-refractivity contribution in [3.63, 3.8) is 0 Å². The van der Waals surface area contributed by atoms with Crippen molar-refractivity contribution < 1.29 is 31.6 Å². The third kappa shape index (κ3) is 6.28. The highest BCUT2D eigenvalue weighted by Gasteiger charge is 2.29. The largest absolute Gasteiger partial charge is 0.484 e. The van der Waals surface area contributed by atoms with E-state index < -0.39 is 29.6 Å². The van der Waals surface area contributed by atoms with E-state index in [0.717, 1.165) is 5.56 Å². The molecular weight excluding hydrogens is 495 g/mol. The number of rotatable bonds is 9. The maximum Gasteiger partial charge on any atom is 0.422 e. The number of alkyl halides is 3. The Morgan fingerprint density at radius 2 is 1.78 bits per heavy atom. The van der Waals surface area contributed by atoms with Crippen LogP contribution in [0.3, 0.4) is 0 Å². The predicted molar refractivity (Wildman–Crippen MR) is 127 cm³/mol. The molecule has 0 spiro atoms. The third-order valence-electron chi connectivity index (χ3n) is 5.29. The lowest BCUT2D eigenvalue weighted by atomic mass is 10.2. The zero-order chi connectivity index (χ0) is 25.7. The second-order valence-electron chi connectivity index (χ2n) is 7.89. The van der Waals surface area contributed by atoms with Crippen LogP contribution in [0.5, 0.6) is 5.75 Å². The molecule has 0 aliphatic heterocycles. The fourth-order valence-corrected chi connectivity index (χ4v) is 4.78. The molecule has 188 valence electrons. The standard InChI is InChI=1S/C25H22F3N3O4S/c1-17-20(29-12-11-22(17)34-15-25(26,27)28)14-36(33)24-30-19-9-5-6-10-21(19)31(24)16-35-23(32)13-18-7-3-2-4-8-18/h2-12H,13-16H2,1H3. The van der Waals surface area contributed by atoms with Crippen LogP contribution in [0.4, 0.5) is 13.2 Å². The fraction of sp³-hybridized carbons (Fsp3) is 0.240. The number of carbonyl (C=O) groups excluding carboxylic acids is 1. The lowest BCUT2D eigenvalue weighted by Crippen LogP contribution is -2.20. The van der Waals surface area contributed by atoms with E-state index >= 15 is 0 Å². The molecule has 0 saturated carbocycles. The Morgan fingerprint density at radius 3 is 2.53 bits per heavy atom. The second-order valence-corrected chi connectivity index (χ2v) is 9.24. The Labute approximate surface area is 207 Å². The van der Waals surface area contributed by atoms with Gasteiger partial charge in [-0.3, -0.25) is 18.6 Å². The predicted octanol–water partition coefficient (Wildman–Crippen LogP) is 4.73. The molecule has 1 atom stereocenters. The highest BCUT2D eigenvalue weighted by molar-refractivity contribution is 7.84. The van der Waals surface area contributed by atoms with Gasteiger partial charge in [0, 0.05) is 11.8 Å². The van der Waals surface area contributed by atoms with Gasteiger partial charge < -0.3 is 9.47 Å². The summed E-state index contributed by atoms with van der Waals surface area (Å²) in [6.07, 6.45) is -3.10. The SMILES string of the molecule is Cc1c(OCC(F)(F)F)ccnc1CS(=O)c1nc2ccccc2n1COC(=O)Cc1ccccc1. The summed E-state index contributed by atoms with van der Waals surface area (Å²) in [7, 11) is -1.75. The minimum Gasteiger partial charge on any atom is -0.484 e. The zero-order valence-corrected chi connectivity index (χ0v) is 20.0. The second kappa shape index (κ2) is 10.9. The molecule has 0 aliphatic carbocycles. The minimum atomic E-state index is -4.48. The van der Waals surface area contributed by atoms with E-state index in [9.17, 15) is 22.2 Å². The number of hydrogen-bond donors (Lipinski definition) is 0. The van der Waals surface area contributed by atoms with Crippen molar-refractivity contribution in [3.8, 4) is 5.75 Å². The number of pyridine rings is 1. The molecule has 0 bridgehead atoms. The Morgan fingerprint density at radius 1 is 1.06 bits per heavy atom. The van der Waals surface area contributed by atoms with Crippen molar-refractivity contribution in [2.24, 2.45) is 0 Å². The van der Waals surface area contributed by atoms with E-state index in [1.54, 1.807) is 35.8 Å². The summed E-state index contributed by atoms with van der Waals surface area (Å²) in [6, 6.07) is 17.5. The van der Waals surface area contributed by atoms with Gasteiger partial charge in [0.05, 0.1) is 39.7 Å². The van der Waals surface area contributed by atoms with Gasteiger partial charge in [0.15, 0.2) is 13.3 Å². The van der Waals surface area contributed by atoms with Crippen LogP contribution >= 0.6 is 0 Å². The molecule has 4 rings (SSSR count). The monoisotopic (exact) mass is 517 g/mol. The number of benzene rings is 2. The number of carbonyl (C=O) groups is 1. The van der Waals surface area contributed by atoms with Crippen LogP contribution in [0.25, 0.3) is 11.0 Å². The van der Waals surface area contributed by atoms with Gasteiger partial charge in [-0.2, -0.15) is 13.2 Å². The normalized spacial score (nSPS) is 12.4. The first-order valence-electron chi connectivity index (χ1n) is 10.9. The van der Waals surface area contributed by atoms with Gasteiger partial charge in [-0.1, -0.05) is 42.5 Å². The number of imidazole rings is 1. The molecule has 11 heteroatoms. The molecule has 2 aromatic heterocycles. The highest BCUT2D eigenvalue weighted by atomic mass is 32.2. The fourth-order valence-electron chi connectivity index (χ4n) is 3.51. The van der Waals surface area contributed by atoms with E-state index in [4.69, 9.17) is 9.47 Å². The molecule has 2 aromatic carbocycles. The topological polar surface area (TPSA) is 83.3 Å². The third-order valence-corrected chi connectivity index (χ3v) is 6.54. The van der Waals surface area contributed by atoms with Crippen molar-refractivity contribution in [3.05, 3.63) is 83.7 Å². The summed E-state index contributed by atoms with van der Waals surface area (Å²) in [5.41, 5.74) is 2.66. The van der Waals surface area contributed by atoms with Crippen molar-refractivity contribution in [2.75, 3.05) is 6.61 Å². The first-order chi connectivity index (χ1) is 17.2. The minimum absolute atomic E-state index is 0.0117. The van der Waals surface area contributed by atoms with Gasteiger partial charge in [-0.05, 0) is 30.7 Å². The first kappa shape index (κ1) is 25.4. The number of aromatic nitrogens is 3. The molecule has 0 saturated heterocycles. The Hall–Kier alpha value is -3.73. The van der Waals surface area contributed by atoms with E-state index in [2.05, 4.69) is 9.97 Å². The van der Waals surface area contributed by atoms with Gasteiger partial charge in [-0.25, -0.2) is 4.98 Å². The molecule has 36 heavy (non-hydrogen) atoms. The van der Waals surface area contributed by atoms with Crippen LogP contribution in [-0.4, -0.2) is 37.5 Å². The van der Waals surface area contributed by atoms with Gasteiger partial charge in [0.2, 0.25) is 5.16 Å². The molecule has 2 heterocycles. The van der Waals surface area contributed by atoms with Crippen LogP contribution in [0, 0.1) is 6.92 Å². The van der Waals surface area contributed by atoms with Crippen molar-refractivity contribution in [1.82, 2.24) is 14.5 Å². The number of fused-ring (bicyclic) bond motifs is 1. The average Bonchev–Trinajstić information content (AvgIpc) is 3.22. The van der Waals surface area contributed by atoms with Crippen LogP contribution in [0.15, 0.2) is 72.0 Å². The van der Waals surface area contributed by atoms with Gasteiger partial charge in [-0.15, -0.1) is 0 Å². The summed E-state index contributed by atoms with van der Waals surface area (Å²) >= 11 is 0. The van der Waals surface area contributed by atoms with Crippen molar-refractivity contribution in [2.45, 2.75) is 37.2 Å². The summed E-state index contributed by atoms with van der Waals surface area (Å²) in [4.78, 5) is 21.0. The number of esters is 1. The lowest BCUT2D eigenvalue weighted by molar-refractivity contribution is -0.153. The van der Waals surface area contributed by atoms with E-state index in [-0.39, 0.29) is 29.8 Å². The van der Waals surface area contributed by atoms with E-state index in [0.29, 0.717) is 22.3 Å². The number of para-hydroxylation sites is 2. The smallest absolute Gasteiger partial charge is 0.422 e. The number of hydrogen-bond acceptors (Lipinski definition) is 6. The first-order valence-corrected chi connectivity index (χ1v) is 12.2. The van der Waals surface area contributed by atoms with Gasteiger partial charge >= 0.3 is 12.1 Å². The summed E-state index contributed by atoms with van der Waals surface area (Å²) < 4.78 is 62.9. The molecule has 0 radical (unpaired) electrons. The Kier molecular flexibility index (Phi) is 7.68. The summed E-state index contributed by atoms with van der Waals surface area (Å²) in [6.45, 7) is -0.0848. The van der Waals surface area contributed by atoms with Gasteiger partial charge in [0.1, 0.15) is 5.75 Å². The molecular formula is C25H22F3N3O4S. The van der Waals surface area contributed by atoms with Crippen LogP contribution in [-0.2, 0) is 39.2 Å². The highest BCUT2D eigenvalue weighted by Crippen LogP contribution is 2.26. The maximum absolute atomic E-state index is 13.3. The molecule has 0 amide bonds. The van der Waals surface area contributed by atoms with Crippen LogP contribution in [0.1, 0.15) is 16.8 Å². The number of halogens is 3. The lowest BCUT2D eigenvalue weighted by Gasteiger charge is -2.14. The molecule has 0 aliphatic rings. The Bertz CT molecular complexity index is 1390. The molecule has 4 aromatic rings. The zero-order valence-electron chi connectivity index (χ0n) is 19.2. The van der Waals surface area contributed by atoms with E-state index in [1.807, 2.05) is 30.3 Å². The molecule has 0 N–H and O–H groups in total. The summed E-state index contributed by atoms with van der Waals surface area (Å²) in [5.74, 6) is -0.559. The Balaban J connectivity index is 1.54. The molecule has 7 nitrogen and oxygen atoms in total. The van der Waals surface area contributed by atoms with Crippen molar-refractivity contribution in [1.29, 1.82) is 0 Å². The van der Waals surface area contributed by atoms with Crippen LogP contribution in [0.2, 0.25) is 0 Å².